The number of carbonyl (C=O) groups excluding carboxylic acids is 2. The lowest BCUT2D eigenvalue weighted by molar-refractivity contribution is -0.126. The summed E-state index contributed by atoms with van der Waals surface area (Å²) in [6.07, 6.45) is 1.54. The summed E-state index contributed by atoms with van der Waals surface area (Å²) in [5.74, 6) is 0.770. The molecule has 3 rings (SSSR count). The summed E-state index contributed by atoms with van der Waals surface area (Å²) in [6.45, 7) is 2.38. The molecule has 1 aliphatic rings. The van der Waals surface area contributed by atoms with Crippen LogP contribution in [0.5, 0.6) is 5.75 Å². The Balaban J connectivity index is 1.39. The number of benzene rings is 2. The number of nitrogens with one attached hydrogen (secondary N) is 2. The average molecular weight is 381 g/mol. The molecule has 0 atom stereocenters. The van der Waals surface area contributed by atoms with Crippen LogP contribution >= 0.6 is 0 Å². The second-order valence-electron chi connectivity index (χ2n) is 7.03. The lowest BCUT2D eigenvalue weighted by atomic mass is 9.96. The van der Waals surface area contributed by atoms with E-state index in [-0.39, 0.29) is 17.7 Å². The van der Waals surface area contributed by atoms with Crippen LogP contribution in [0.15, 0.2) is 54.6 Å². The van der Waals surface area contributed by atoms with Crippen LogP contribution in [0, 0.1) is 5.92 Å². The molecule has 6 heteroatoms. The van der Waals surface area contributed by atoms with E-state index in [9.17, 15) is 9.59 Å². The number of piperidine rings is 1. The van der Waals surface area contributed by atoms with Gasteiger partial charge in [0.15, 0.2) is 0 Å². The molecule has 6 nitrogen and oxygen atoms in total. The van der Waals surface area contributed by atoms with Crippen molar-refractivity contribution in [3.8, 4) is 5.75 Å². The fraction of sp³-hybridized carbons (Fsp3) is 0.364. The monoisotopic (exact) mass is 381 g/mol. The number of anilines is 1. The maximum atomic E-state index is 12.4. The Kier molecular flexibility index (Phi) is 7.03. The molecule has 1 saturated heterocycles. The van der Waals surface area contributed by atoms with Crippen molar-refractivity contribution in [1.29, 1.82) is 0 Å². The van der Waals surface area contributed by atoms with Gasteiger partial charge in [0.1, 0.15) is 5.75 Å². The summed E-state index contributed by atoms with van der Waals surface area (Å²) in [6, 6.07) is 17.2. The van der Waals surface area contributed by atoms with Gasteiger partial charge in [-0.2, -0.15) is 0 Å². The number of hydrogen-bond donors (Lipinski definition) is 2. The lowest BCUT2D eigenvalue weighted by Crippen LogP contribution is -2.43. The molecule has 0 aliphatic carbocycles. The second kappa shape index (κ2) is 9.90. The second-order valence-corrected chi connectivity index (χ2v) is 7.03. The van der Waals surface area contributed by atoms with E-state index >= 15 is 0 Å². The van der Waals surface area contributed by atoms with E-state index in [2.05, 4.69) is 15.5 Å². The zero-order valence-electron chi connectivity index (χ0n) is 16.2. The van der Waals surface area contributed by atoms with Crippen LogP contribution < -0.4 is 15.4 Å². The molecular formula is C22H27N3O3. The van der Waals surface area contributed by atoms with Crippen molar-refractivity contribution in [3.05, 3.63) is 60.2 Å². The highest BCUT2D eigenvalue weighted by Gasteiger charge is 2.25. The van der Waals surface area contributed by atoms with Crippen LogP contribution in [0.25, 0.3) is 0 Å². The molecule has 0 saturated carbocycles. The normalized spacial score (nSPS) is 15.0. The van der Waals surface area contributed by atoms with E-state index in [1.807, 2.05) is 48.5 Å². The molecule has 1 heterocycles. The molecule has 0 spiro atoms. The highest BCUT2D eigenvalue weighted by molar-refractivity contribution is 5.92. The Bertz CT molecular complexity index is 787. The first-order valence-electron chi connectivity index (χ1n) is 9.62. The molecule has 1 aliphatic heterocycles. The number of rotatable bonds is 7. The number of nitrogens with zero attached hydrogens (tertiary/aromatic N) is 1. The highest BCUT2D eigenvalue weighted by atomic mass is 16.5. The molecule has 28 heavy (non-hydrogen) atoms. The van der Waals surface area contributed by atoms with Gasteiger partial charge in [-0.3, -0.25) is 14.5 Å². The standard InChI is InChI=1S/C22H27N3O3/c1-28-20-9-5-8-19(14-20)24-21(26)16-25-12-10-18(11-13-25)22(27)23-15-17-6-3-2-4-7-17/h2-9,14,18H,10-13,15-16H2,1H3,(H,23,27)(H,24,26). The minimum Gasteiger partial charge on any atom is -0.497 e. The van der Waals surface area contributed by atoms with Gasteiger partial charge >= 0.3 is 0 Å². The van der Waals surface area contributed by atoms with Crippen molar-refractivity contribution in [2.24, 2.45) is 5.92 Å². The van der Waals surface area contributed by atoms with Crippen molar-refractivity contribution in [2.75, 3.05) is 32.1 Å². The number of methoxy groups -OCH3 is 1. The Morgan fingerprint density at radius 1 is 1.07 bits per heavy atom. The van der Waals surface area contributed by atoms with Crippen molar-refractivity contribution >= 4 is 17.5 Å². The van der Waals surface area contributed by atoms with Gasteiger partial charge in [-0.1, -0.05) is 36.4 Å². The minimum atomic E-state index is -0.0553. The van der Waals surface area contributed by atoms with Gasteiger partial charge in [0.2, 0.25) is 11.8 Å². The maximum Gasteiger partial charge on any atom is 0.238 e. The van der Waals surface area contributed by atoms with Gasteiger partial charge < -0.3 is 15.4 Å². The SMILES string of the molecule is COc1cccc(NC(=O)CN2CCC(C(=O)NCc3ccccc3)CC2)c1. The summed E-state index contributed by atoms with van der Waals surface area (Å²) in [7, 11) is 1.60. The lowest BCUT2D eigenvalue weighted by Gasteiger charge is -2.30. The average Bonchev–Trinajstić information content (AvgIpc) is 2.73. The van der Waals surface area contributed by atoms with Crippen LogP contribution in [0.4, 0.5) is 5.69 Å². The van der Waals surface area contributed by atoms with Gasteiger partial charge in [-0.05, 0) is 43.6 Å². The molecule has 148 valence electrons. The summed E-state index contributed by atoms with van der Waals surface area (Å²) in [4.78, 5) is 26.8. The van der Waals surface area contributed by atoms with Gasteiger partial charge in [0.25, 0.3) is 0 Å². The fourth-order valence-electron chi connectivity index (χ4n) is 3.39. The first kappa shape index (κ1) is 19.9. The molecule has 2 amide bonds. The number of hydrogen-bond acceptors (Lipinski definition) is 4. The number of likely N-dealkylation sites (tertiary alicyclic amines) is 1. The predicted molar refractivity (Wildman–Crippen MR) is 109 cm³/mol. The third-order valence-corrected chi connectivity index (χ3v) is 4.99. The van der Waals surface area contributed by atoms with Crippen LogP contribution in [0.3, 0.4) is 0 Å². The van der Waals surface area contributed by atoms with E-state index in [4.69, 9.17) is 4.74 Å². The first-order chi connectivity index (χ1) is 13.6. The number of ether oxygens (including phenoxy) is 1. The van der Waals surface area contributed by atoms with Gasteiger partial charge in [-0.15, -0.1) is 0 Å². The summed E-state index contributed by atoms with van der Waals surface area (Å²) in [5.41, 5.74) is 1.82. The summed E-state index contributed by atoms with van der Waals surface area (Å²) < 4.78 is 5.17. The Morgan fingerprint density at radius 2 is 1.82 bits per heavy atom. The van der Waals surface area contributed by atoms with E-state index in [1.165, 1.54) is 0 Å². The topological polar surface area (TPSA) is 70.7 Å². The van der Waals surface area contributed by atoms with Gasteiger partial charge in [0.05, 0.1) is 13.7 Å². The zero-order valence-corrected chi connectivity index (χ0v) is 16.2. The molecular weight excluding hydrogens is 354 g/mol. The summed E-state index contributed by atoms with van der Waals surface area (Å²) in [5, 5.41) is 5.92. The Labute approximate surface area is 165 Å². The minimum absolute atomic E-state index is 0.0152. The predicted octanol–water partition coefficient (Wildman–Crippen LogP) is 2.66. The number of amides is 2. The molecule has 2 aromatic rings. The zero-order chi connectivity index (χ0) is 19.8. The Morgan fingerprint density at radius 3 is 2.54 bits per heavy atom. The molecule has 1 fully saturated rings. The van der Waals surface area contributed by atoms with Crippen LogP contribution in [0.1, 0.15) is 18.4 Å². The molecule has 0 bridgehead atoms. The molecule has 0 aromatic heterocycles. The van der Waals surface area contributed by atoms with Crippen LogP contribution in [-0.2, 0) is 16.1 Å². The maximum absolute atomic E-state index is 12.4. The third-order valence-electron chi connectivity index (χ3n) is 4.99. The largest absolute Gasteiger partial charge is 0.497 e. The van der Waals surface area contributed by atoms with E-state index in [1.54, 1.807) is 13.2 Å². The van der Waals surface area contributed by atoms with E-state index in [0.29, 0.717) is 18.8 Å². The summed E-state index contributed by atoms with van der Waals surface area (Å²) >= 11 is 0. The van der Waals surface area contributed by atoms with Crippen molar-refractivity contribution in [3.63, 3.8) is 0 Å². The molecule has 2 N–H and O–H groups in total. The first-order valence-corrected chi connectivity index (χ1v) is 9.62. The molecule has 0 unspecified atom stereocenters. The van der Waals surface area contributed by atoms with Crippen LogP contribution in [0.2, 0.25) is 0 Å². The highest BCUT2D eigenvalue weighted by Crippen LogP contribution is 2.19. The third kappa shape index (κ3) is 5.82. The van der Waals surface area contributed by atoms with Crippen molar-refractivity contribution < 1.29 is 14.3 Å². The van der Waals surface area contributed by atoms with Crippen molar-refractivity contribution in [2.45, 2.75) is 19.4 Å². The van der Waals surface area contributed by atoms with E-state index in [0.717, 1.165) is 37.2 Å². The number of carbonyl (C=O) groups is 2. The van der Waals surface area contributed by atoms with Crippen LogP contribution in [-0.4, -0.2) is 43.5 Å². The Hall–Kier alpha value is -2.86. The van der Waals surface area contributed by atoms with Crippen molar-refractivity contribution in [1.82, 2.24) is 10.2 Å². The van der Waals surface area contributed by atoms with Gasteiger partial charge in [-0.25, -0.2) is 0 Å². The molecule has 2 aromatic carbocycles. The fourth-order valence-corrected chi connectivity index (χ4v) is 3.39. The smallest absolute Gasteiger partial charge is 0.238 e. The van der Waals surface area contributed by atoms with E-state index < -0.39 is 0 Å². The molecule has 0 radical (unpaired) electrons. The quantitative estimate of drug-likeness (QED) is 0.774. The van der Waals surface area contributed by atoms with Gasteiger partial charge in [0, 0.05) is 24.2 Å².